The van der Waals surface area contributed by atoms with E-state index < -0.39 is 17.7 Å². The van der Waals surface area contributed by atoms with Crippen LogP contribution in [-0.4, -0.2) is 43.3 Å². The van der Waals surface area contributed by atoms with Crippen LogP contribution in [0.3, 0.4) is 0 Å². The van der Waals surface area contributed by atoms with Crippen molar-refractivity contribution >= 4 is 23.3 Å². The first-order valence-corrected chi connectivity index (χ1v) is 10.0. The van der Waals surface area contributed by atoms with Crippen LogP contribution >= 0.6 is 0 Å². The summed E-state index contributed by atoms with van der Waals surface area (Å²) >= 11 is 0. The quantitative estimate of drug-likeness (QED) is 0.344. The normalized spacial score (nSPS) is 17.3. The molecule has 1 aliphatic heterocycles. The summed E-state index contributed by atoms with van der Waals surface area (Å²) in [7, 11) is 4.46. The number of carbonyl (C=O) groups is 2. The Morgan fingerprint density at radius 1 is 1.03 bits per heavy atom. The van der Waals surface area contributed by atoms with Gasteiger partial charge in [0.2, 0.25) is 0 Å². The van der Waals surface area contributed by atoms with E-state index in [-0.39, 0.29) is 17.2 Å². The molecule has 1 unspecified atom stereocenters. The Hall–Kier alpha value is -4.27. The van der Waals surface area contributed by atoms with Gasteiger partial charge in [-0.2, -0.15) is 0 Å². The third kappa shape index (κ3) is 3.67. The van der Waals surface area contributed by atoms with Crippen LogP contribution in [0.5, 0.6) is 17.2 Å². The highest BCUT2D eigenvalue weighted by Crippen LogP contribution is 2.47. The molecule has 1 atom stereocenters. The molecule has 1 saturated heterocycles. The average molecular weight is 450 g/mol. The number of benzene rings is 2. The molecule has 0 aliphatic carbocycles. The van der Waals surface area contributed by atoms with Gasteiger partial charge in [0.1, 0.15) is 23.3 Å². The lowest BCUT2D eigenvalue weighted by Gasteiger charge is -2.25. The van der Waals surface area contributed by atoms with Gasteiger partial charge in [0, 0.05) is 17.2 Å². The molecule has 0 radical (unpaired) electrons. The number of aliphatic hydroxyl groups excluding tert-OH is 1. The lowest BCUT2D eigenvalue weighted by Crippen LogP contribution is -2.30. The summed E-state index contributed by atoms with van der Waals surface area (Å²) in [6.45, 7) is 1.67. The van der Waals surface area contributed by atoms with Crippen molar-refractivity contribution in [1.82, 2.24) is 5.16 Å². The van der Waals surface area contributed by atoms with Crippen molar-refractivity contribution in [3.8, 4) is 17.2 Å². The summed E-state index contributed by atoms with van der Waals surface area (Å²) in [6.07, 6.45) is 0. The maximum atomic E-state index is 13.2. The van der Waals surface area contributed by atoms with Gasteiger partial charge >= 0.3 is 5.91 Å². The van der Waals surface area contributed by atoms with Crippen LogP contribution in [0.25, 0.3) is 5.76 Å². The number of anilines is 1. The molecule has 1 fully saturated rings. The molecule has 9 nitrogen and oxygen atoms in total. The predicted octanol–water partition coefficient (Wildman–Crippen LogP) is 3.64. The Morgan fingerprint density at radius 3 is 2.33 bits per heavy atom. The average Bonchev–Trinajstić information content (AvgIpc) is 3.38. The van der Waals surface area contributed by atoms with Gasteiger partial charge in [-0.1, -0.05) is 17.3 Å². The number of nitrogens with zero attached hydrogens (tertiary/aromatic N) is 2. The number of aryl methyl sites for hydroxylation is 1. The fourth-order valence-corrected chi connectivity index (χ4v) is 3.86. The molecule has 170 valence electrons. The standard InChI is InChI=1S/C24H22N2O7/c1-13-12-18(25-33-13)26-20(16-6-5-7-17(31-3)23(16)32-4)19(22(28)24(26)29)21(27)14-8-10-15(30-2)11-9-14/h5-12,20,27H,1-4H3. The number of ether oxygens (including phenoxy) is 3. The van der Waals surface area contributed by atoms with E-state index in [1.165, 1.54) is 32.3 Å². The van der Waals surface area contributed by atoms with E-state index in [0.717, 1.165) is 0 Å². The first kappa shape index (κ1) is 21.9. The van der Waals surface area contributed by atoms with Crippen LogP contribution in [-0.2, 0) is 9.59 Å². The summed E-state index contributed by atoms with van der Waals surface area (Å²) in [5.41, 5.74) is 0.668. The maximum absolute atomic E-state index is 13.2. The molecule has 1 amide bonds. The molecule has 0 saturated carbocycles. The van der Waals surface area contributed by atoms with Gasteiger partial charge < -0.3 is 23.8 Å². The highest BCUT2D eigenvalue weighted by Gasteiger charge is 2.49. The van der Waals surface area contributed by atoms with Gasteiger partial charge in [0.15, 0.2) is 17.3 Å². The number of para-hydroxylation sites is 1. The number of rotatable bonds is 6. The van der Waals surface area contributed by atoms with Crippen LogP contribution in [0.15, 0.2) is 58.6 Å². The Morgan fingerprint density at radius 2 is 1.76 bits per heavy atom. The number of Topliss-reactive ketones (excluding diaryl/α,β-unsaturated/α-hetero) is 1. The molecular weight excluding hydrogens is 428 g/mol. The second-order valence-electron chi connectivity index (χ2n) is 7.28. The van der Waals surface area contributed by atoms with Crippen LogP contribution in [0.4, 0.5) is 5.82 Å². The highest BCUT2D eigenvalue weighted by atomic mass is 16.5. The number of aliphatic hydroxyl groups is 1. The van der Waals surface area contributed by atoms with Gasteiger partial charge in [-0.05, 0) is 37.3 Å². The molecule has 2 heterocycles. The molecule has 33 heavy (non-hydrogen) atoms. The minimum atomic E-state index is -1.04. The van der Waals surface area contributed by atoms with Crippen LogP contribution in [0, 0.1) is 6.92 Å². The van der Waals surface area contributed by atoms with Crippen molar-refractivity contribution in [2.75, 3.05) is 26.2 Å². The molecule has 9 heteroatoms. The zero-order valence-electron chi connectivity index (χ0n) is 18.5. The SMILES string of the molecule is COc1ccc(C(O)=C2C(=O)C(=O)N(c3cc(C)on3)C2c2cccc(OC)c2OC)cc1. The van der Waals surface area contributed by atoms with E-state index in [1.54, 1.807) is 49.4 Å². The minimum Gasteiger partial charge on any atom is -0.507 e. The van der Waals surface area contributed by atoms with E-state index in [0.29, 0.717) is 34.1 Å². The molecule has 4 rings (SSSR count). The summed E-state index contributed by atoms with van der Waals surface area (Å²) in [5.74, 6) is -0.160. The van der Waals surface area contributed by atoms with Gasteiger partial charge in [-0.15, -0.1) is 0 Å². The van der Waals surface area contributed by atoms with Crippen LogP contribution in [0.1, 0.15) is 22.9 Å². The smallest absolute Gasteiger partial charge is 0.301 e. The maximum Gasteiger partial charge on any atom is 0.301 e. The molecular formula is C24H22N2O7. The number of hydrogen-bond acceptors (Lipinski definition) is 8. The summed E-state index contributed by atoms with van der Waals surface area (Å²) in [5, 5.41) is 15.1. The van der Waals surface area contributed by atoms with Crippen molar-refractivity contribution in [3.63, 3.8) is 0 Å². The molecule has 2 aromatic carbocycles. The van der Waals surface area contributed by atoms with Gasteiger partial charge in [0.25, 0.3) is 5.78 Å². The van der Waals surface area contributed by atoms with Crippen LogP contribution in [0.2, 0.25) is 0 Å². The van der Waals surface area contributed by atoms with Gasteiger partial charge in [0.05, 0.1) is 26.9 Å². The second-order valence-corrected chi connectivity index (χ2v) is 7.28. The van der Waals surface area contributed by atoms with E-state index >= 15 is 0 Å². The number of aromatic nitrogens is 1. The van der Waals surface area contributed by atoms with Crippen molar-refractivity contribution < 1.29 is 33.4 Å². The molecule has 0 spiro atoms. The number of amides is 1. The Kier molecular flexibility index (Phi) is 5.78. The van der Waals surface area contributed by atoms with E-state index in [1.807, 2.05) is 0 Å². The van der Waals surface area contributed by atoms with E-state index in [2.05, 4.69) is 5.16 Å². The first-order chi connectivity index (χ1) is 15.9. The number of methoxy groups -OCH3 is 3. The van der Waals surface area contributed by atoms with Crippen molar-refractivity contribution in [2.24, 2.45) is 0 Å². The van der Waals surface area contributed by atoms with E-state index in [4.69, 9.17) is 18.7 Å². The van der Waals surface area contributed by atoms with Gasteiger partial charge in [-0.3, -0.25) is 14.5 Å². The Labute approximate surface area is 189 Å². The largest absolute Gasteiger partial charge is 0.507 e. The number of ketones is 1. The Bertz CT molecular complexity index is 1240. The highest BCUT2D eigenvalue weighted by molar-refractivity contribution is 6.51. The second kappa shape index (κ2) is 8.70. The first-order valence-electron chi connectivity index (χ1n) is 10.0. The Balaban J connectivity index is 1.98. The third-order valence-corrected chi connectivity index (χ3v) is 5.40. The summed E-state index contributed by atoms with van der Waals surface area (Å²) < 4.78 is 21.3. The molecule has 0 bridgehead atoms. The fourth-order valence-electron chi connectivity index (χ4n) is 3.86. The third-order valence-electron chi connectivity index (χ3n) is 5.40. The van der Waals surface area contributed by atoms with Crippen molar-refractivity contribution in [3.05, 3.63) is 71.0 Å². The molecule has 3 aromatic rings. The van der Waals surface area contributed by atoms with Crippen LogP contribution < -0.4 is 19.1 Å². The number of carbonyl (C=O) groups excluding carboxylic acids is 2. The van der Waals surface area contributed by atoms with Crippen molar-refractivity contribution in [1.29, 1.82) is 0 Å². The summed E-state index contributed by atoms with van der Waals surface area (Å²) in [4.78, 5) is 27.5. The molecule has 1 aliphatic rings. The minimum absolute atomic E-state index is 0.114. The zero-order valence-corrected chi connectivity index (χ0v) is 18.5. The molecule has 1 aromatic heterocycles. The molecule has 1 N–H and O–H groups in total. The zero-order chi connectivity index (χ0) is 23.7. The topological polar surface area (TPSA) is 111 Å². The summed E-state index contributed by atoms with van der Waals surface area (Å²) in [6, 6.07) is 12.1. The number of hydrogen-bond donors (Lipinski definition) is 1. The predicted molar refractivity (Wildman–Crippen MR) is 119 cm³/mol. The van der Waals surface area contributed by atoms with Gasteiger partial charge in [-0.25, -0.2) is 0 Å². The monoisotopic (exact) mass is 450 g/mol. The lowest BCUT2D eigenvalue weighted by atomic mass is 9.94. The van der Waals surface area contributed by atoms with E-state index in [9.17, 15) is 14.7 Å². The fraction of sp³-hybridized carbons (Fsp3) is 0.208. The van der Waals surface area contributed by atoms with Crippen molar-refractivity contribution in [2.45, 2.75) is 13.0 Å². The lowest BCUT2D eigenvalue weighted by molar-refractivity contribution is -0.132.